The number of unbranched alkanes of at least 4 members (excludes halogenated alkanes) is 23. The molecule has 0 aromatic rings. The van der Waals surface area contributed by atoms with Crippen LogP contribution in [0, 0.1) is 0 Å². The molecule has 0 radical (unpaired) electrons. The highest BCUT2D eigenvalue weighted by atomic mass is 16.5. The maximum atomic E-state index is 12.7. The van der Waals surface area contributed by atoms with Gasteiger partial charge in [-0.2, -0.15) is 0 Å². The smallest absolute Gasteiger partial charge is 0.306 e. The molecular weight excluding hydrogens is 671 g/mol. The van der Waals surface area contributed by atoms with Crippen LogP contribution in [0.2, 0.25) is 0 Å². The summed E-state index contributed by atoms with van der Waals surface area (Å²) < 4.78 is 11.9. The minimum atomic E-state index is -0.314. The highest BCUT2D eigenvalue weighted by Gasteiger charge is 2.15. The third kappa shape index (κ3) is 37.8. The molecule has 322 valence electrons. The Hall–Kier alpha value is -1.14. The van der Waals surface area contributed by atoms with Crippen molar-refractivity contribution in [2.75, 3.05) is 19.6 Å². The summed E-state index contributed by atoms with van der Waals surface area (Å²) in [6.45, 7) is 13.6. The summed E-state index contributed by atoms with van der Waals surface area (Å²) in [5.41, 5.74) is 0. The van der Waals surface area contributed by atoms with Crippen LogP contribution in [0.5, 0.6) is 0 Å². The zero-order valence-electron chi connectivity index (χ0n) is 37.1. The van der Waals surface area contributed by atoms with Crippen molar-refractivity contribution in [3.63, 3.8) is 0 Å². The van der Waals surface area contributed by atoms with Crippen molar-refractivity contribution in [1.29, 1.82) is 0 Å². The van der Waals surface area contributed by atoms with Crippen LogP contribution in [0.4, 0.5) is 0 Å². The lowest BCUT2D eigenvalue weighted by Crippen LogP contribution is -2.32. The average molecular weight is 766 g/mol. The quantitative estimate of drug-likeness (QED) is 0.0492. The first kappa shape index (κ1) is 52.9. The summed E-state index contributed by atoms with van der Waals surface area (Å²) in [5, 5.41) is 10.1. The minimum Gasteiger partial charge on any atom is -0.462 e. The normalized spacial score (nSPS) is 12.8. The number of esters is 2. The molecular formula is C48H95NO5. The van der Waals surface area contributed by atoms with E-state index in [0.717, 1.165) is 116 Å². The molecule has 54 heavy (non-hydrogen) atoms. The second kappa shape index (κ2) is 41.5. The number of aliphatic hydroxyl groups is 1. The van der Waals surface area contributed by atoms with Crippen molar-refractivity contribution in [2.45, 2.75) is 278 Å². The Kier molecular flexibility index (Phi) is 40.6. The number of carbonyl (C=O) groups is 2. The molecule has 0 saturated carbocycles. The third-order valence-corrected chi connectivity index (χ3v) is 11.1. The van der Waals surface area contributed by atoms with Crippen LogP contribution in [-0.4, -0.2) is 59.9 Å². The van der Waals surface area contributed by atoms with Crippen molar-refractivity contribution in [2.24, 2.45) is 0 Å². The molecule has 0 rings (SSSR count). The molecule has 2 atom stereocenters. The van der Waals surface area contributed by atoms with E-state index in [1.54, 1.807) is 0 Å². The number of hydrogen-bond donors (Lipinski definition) is 1. The molecule has 0 fully saturated rings. The van der Waals surface area contributed by atoms with E-state index in [1.165, 1.54) is 116 Å². The lowest BCUT2D eigenvalue weighted by molar-refractivity contribution is -0.151. The molecule has 0 heterocycles. The molecule has 0 bridgehead atoms. The molecule has 0 saturated heterocycles. The van der Waals surface area contributed by atoms with Gasteiger partial charge in [-0.3, -0.25) is 9.59 Å². The van der Waals surface area contributed by atoms with Gasteiger partial charge in [0.2, 0.25) is 0 Å². The van der Waals surface area contributed by atoms with E-state index in [2.05, 4.69) is 32.6 Å². The highest BCUT2D eigenvalue weighted by molar-refractivity contribution is 5.69. The van der Waals surface area contributed by atoms with Crippen LogP contribution in [0.3, 0.4) is 0 Å². The van der Waals surface area contributed by atoms with E-state index in [9.17, 15) is 14.7 Å². The van der Waals surface area contributed by atoms with Crippen LogP contribution in [-0.2, 0) is 19.1 Å². The molecule has 0 aliphatic heterocycles. The number of ether oxygens (including phenoxy) is 2. The van der Waals surface area contributed by atoms with E-state index in [4.69, 9.17) is 9.47 Å². The summed E-state index contributed by atoms with van der Waals surface area (Å²) in [6, 6.07) is 0. The Labute approximate surface area is 337 Å². The van der Waals surface area contributed by atoms with Crippen molar-refractivity contribution < 1.29 is 24.2 Å². The topological polar surface area (TPSA) is 76.1 Å². The molecule has 0 aromatic heterocycles. The fourth-order valence-corrected chi connectivity index (χ4v) is 7.73. The monoisotopic (exact) mass is 766 g/mol. The molecule has 0 spiro atoms. The average Bonchev–Trinajstić information content (AvgIpc) is 3.14. The van der Waals surface area contributed by atoms with E-state index in [1.807, 2.05) is 6.92 Å². The van der Waals surface area contributed by atoms with Gasteiger partial charge in [0.15, 0.2) is 0 Å². The van der Waals surface area contributed by atoms with E-state index >= 15 is 0 Å². The van der Waals surface area contributed by atoms with Gasteiger partial charge < -0.3 is 19.5 Å². The van der Waals surface area contributed by atoms with Crippen molar-refractivity contribution in [1.82, 2.24) is 4.90 Å². The predicted octanol–water partition coefficient (Wildman–Crippen LogP) is 14.2. The second-order valence-electron chi connectivity index (χ2n) is 16.9. The summed E-state index contributed by atoms with van der Waals surface area (Å²) in [4.78, 5) is 27.7. The molecule has 2 unspecified atom stereocenters. The van der Waals surface area contributed by atoms with Crippen molar-refractivity contribution in [3.05, 3.63) is 0 Å². The molecule has 0 aromatic carbocycles. The third-order valence-electron chi connectivity index (χ3n) is 11.1. The Balaban J connectivity index is 4.17. The van der Waals surface area contributed by atoms with Gasteiger partial charge in [-0.25, -0.2) is 0 Å². The van der Waals surface area contributed by atoms with Crippen LogP contribution >= 0.6 is 0 Å². The molecule has 0 aliphatic rings. The lowest BCUT2D eigenvalue weighted by Gasteiger charge is -2.23. The van der Waals surface area contributed by atoms with Gasteiger partial charge in [-0.05, 0) is 90.6 Å². The first-order valence-corrected chi connectivity index (χ1v) is 24.1. The fraction of sp³-hybridized carbons (Fsp3) is 0.958. The predicted molar refractivity (Wildman–Crippen MR) is 232 cm³/mol. The first-order chi connectivity index (χ1) is 26.4. The van der Waals surface area contributed by atoms with Crippen LogP contribution in [0.1, 0.15) is 259 Å². The van der Waals surface area contributed by atoms with Gasteiger partial charge in [0, 0.05) is 19.4 Å². The van der Waals surface area contributed by atoms with E-state index in [0.29, 0.717) is 12.8 Å². The van der Waals surface area contributed by atoms with Gasteiger partial charge in [-0.15, -0.1) is 0 Å². The number of carbonyl (C=O) groups excluding carboxylic acids is 2. The zero-order chi connectivity index (χ0) is 39.7. The second-order valence-corrected chi connectivity index (χ2v) is 16.9. The van der Waals surface area contributed by atoms with Crippen molar-refractivity contribution >= 4 is 11.9 Å². The Bertz CT molecular complexity index is 773. The Morgan fingerprint density at radius 3 is 1.09 bits per heavy atom. The standard InChI is InChI=1S/C48H95NO5/c1-6-10-13-16-21-28-36-45(35-9-4)53-47(51)39-31-24-19-26-33-41-49(43-44(5)50)42-34-27-20-25-32-40-48(52)54-46(37-29-22-17-14-11-7-2)38-30-23-18-15-12-8-3/h44-46,50H,6-43H2,1-5H3. The first-order valence-electron chi connectivity index (χ1n) is 24.1. The number of hydrogen-bond acceptors (Lipinski definition) is 6. The summed E-state index contributed by atoms with van der Waals surface area (Å²) in [6.07, 6.45) is 40.1. The van der Waals surface area contributed by atoms with Gasteiger partial charge in [0.25, 0.3) is 0 Å². The molecule has 0 amide bonds. The molecule has 0 aliphatic carbocycles. The van der Waals surface area contributed by atoms with Crippen LogP contribution in [0.25, 0.3) is 0 Å². The summed E-state index contributed by atoms with van der Waals surface area (Å²) in [5.74, 6) is 0.00754. The largest absolute Gasteiger partial charge is 0.462 e. The minimum absolute atomic E-state index is 0.00582. The van der Waals surface area contributed by atoms with Gasteiger partial charge in [0.1, 0.15) is 12.2 Å². The summed E-state index contributed by atoms with van der Waals surface area (Å²) >= 11 is 0. The zero-order valence-corrected chi connectivity index (χ0v) is 37.1. The molecule has 6 nitrogen and oxygen atoms in total. The van der Waals surface area contributed by atoms with Gasteiger partial charge in [0.05, 0.1) is 6.10 Å². The van der Waals surface area contributed by atoms with Gasteiger partial charge >= 0.3 is 11.9 Å². The highest BCUT2D eigenvalue weighted by Crippen LogP contribution is 2.19. The Morgan fingerprint density at radius 2 is 0.741 bits per heavy atom. The van der Waals surface area contributed by atoms with Crippen LogP contribution in [0.15, 0.2) is 0 Å². The fourth-order valence-electron chi connectivity index (χ4n) is 7.73. The van der Waals surface area contributed by atoms with Crippen LogP contribution < -0.4 is 0 Å². The number of rotatable bonds is 43. The number of aliphatic hydroxyl groups excluding tert-OH is 1. The van der Waals surface area contributed by atoms with Crippen molar-refractivity contribution in [3.8, 4) is 0 Å². The summed E-state index contributed by atoms with van der Waals surface area (Å²) in [7, 11) is 0. The van der Waals surface area contributed by atoms with E-state index < -0.39 is 0 Å². The van der Waals surface area contributed by atoms with E-state index in [-0.39, 0.29) is 30.3 Å². The van der Waals surface area contributed by atoms with Gasteiger partial charge in [-0.1, -0.05) is 169 Å². The molecule has 1 N–H and O–H groups in total. The number of nitrogens with zero attached hydrogens (tertiary/aromatic N) is 1. The SMILES string of the molecule is CCCCCCCCC(CCC)OC(=O)CCCCCCCN(CCCCCCCC(=O)OC(CCCCCCCC)CCCCCCCC)CC(C)O. The maximum absolute atomic E-state index is 12.7. The molecule has 6 heteroatoms. The lowest BCUT2D eigenvalue weighted by atomic mass is 10.0. The Morgan fingerprint density at radius 1 is 0.426 bits per heavy atom. The maximum Gasteiger partial charge on any atom is 0.306 e.